The second-order valence-corrected chi connectivity index (χ2v) is 9.31. The van der Waals surface area contributed by atoms with E-state index >= 15 is 0 Å². The van der Waals surface area contributed by atoms with Gasteiger partial charge in [-0.15, -0.1) is 0 Å². The van der Waals surface area contributed by atoms with Gasteiger partial charge in [0, 0.05) is 5.56 Å². The minimum atomic E-state index is -3.59. The van der Waals surface area contributed by atoms with Gasteiger partial charge in [-0.25, -0.2) is 13.4 Å². The topological polar surface area (TPSA) is 89.3 Å². The number of hydrogen-bond acceptors (Lipinski definition) is 6. The van der Waals surface area contributed by atoms with Crippen LogP contribution in [0.25, 0.3) is 10.2 Å². The highest BCUT2D eigenvalue weighted by molar-refractivity contribution is 7.90. The average molecular weight is 412 g/mol. The summed E-state index contributed by atoms with van der Waals surface area (Å²) in [4.78, 5) is 17.2. The van der Waals surface area contributed by atoms with Crippen molar-refractivity contribution in [2.45, 2.75) is 17.6 Å². The molecule has 4 rings (SSSR count). The molecule has 0 radical (unpaired) electrons. The predicted octanol–water partition coefficient (Wildman–Crippen LogP) is 4.42. The predicted molar refractivity (Wildman–Crippen MR) is 108 cm³/mol. The van der Waals surface area contributed by atoms with Crippen molar-refractivity contribution in [2.24, 2.45) is 0 Å². The van der Waals surface area contributed by atoms with Crippen LogP contribution in [0.4, 0.5) is 5.13 Å². The van der Waals surface area contributed by atoms with Crippen molar-refractivity contribution >= 4 is 42.4 Å². The quantitative estimate of drug-likeness (QED) is 0.524. The van der Waals surface area contributed by atoms with Crippen LogP contribution in [0.5, 0.6) is 0 Å². The molecule has 0 spiro atoms. The van der Waals surface area contributed by atoms with E-state index in [-0.39, 0.29) is 16.4 Å². The van der Waals surface area contributed by atoms with Crippen LogP contribution in [0.15, 0.2) is 70.2 Å². The van der Waals surface area contributed by atoms with E-state index in [4.69, 9.17) is 4.42 Å². The van der Waals surface area contributed by atoms with Crippen molar-refractivity contribution in [2.75, 3.05) is 5.32 Å². The Morgan fingerprint density at radius 1 is 1.14 bits per heavy atom. The number of nitrogens with zero attached hydrogens (tertiary/aromatic N) is 1. The number of nitrogens with one attached hydrogen (secondary N) is 1. The Balaban J connectivity index is 1.57. The molecule has 0 saturated carbocycles. The molecule has 1 amide bonds. The summed E-state index contributed by atoms with van der Waals surface area (Å²) < 4.78 is 31.4. The van der Waals surface area contributed by atoms with Crippen molar-refractivity contribution < 1.29 is 17.6 Å². The lowest BCUT2D eigenvalue weighted by Crippen LogP contribution is -2.14. The van der Waals surface area contributed by atoms with Crippen LogP contribution in [0, 0.1) is 6.92 Å². The van der Waals surface area contributed by atoms with Crippen molar-refractivity contribution in [3.05, 3.63) is 77.7 Å². The number of furan rings is 1. The van der Waals surface area contributed by atoms with Crippen LogP contribution in [-0.2, 0) is 15.6 Å². The van der Waals surface area contributed by atoms with Crippen LogP contribution < -0.4 is 5.32 Å². The number of sulfone groups is 1. The fourth-order valence-electron chi connectivity index (χ4n) is 2.80. The smallest absolute Gasteiger partial charge is 0.293 e. The zero-order valence-electron chi connectivity index (χ0n) is 14.9. The summed E-state index contributed by atoms with van der Waals surface area (Å²) in [6.45, 7) is 1.99. The molecule has 0 saturated heterocycles. The fourth-order valence-corrected chi connectivity index (χ4v) is 5.14. The second kappa shape index (κ2) is 7.21. The van der Waals surface area contributed by atoms with Crippen LogP contribution in [0.2, 0.25) is 0 Å². The number of rotatable bonds is 5. The molecule has 2 heterocycles. The Morgan fingerprint density at radius 3 is 2.71 bits per heavy atom. The van der Waals surface area contributed by atoms with E-state index in [1.807, 2.05) is 25.1 Å². The highest BCUT2D eigenvalue weighted by Crippen LogP contribution is 2.28. The largest absolute Gasteiger partial charge is 0.459 e. The second-order valence-electron chi connectivity index (χ2n) is 6.29. The van der Waals surface area contributed by atoms with E-state index in [1.54, 1.807) is 18.2 Å². The molecule has 0 aliphatic rings. The van der Waals surface area contributed by atoms with Crippen LogP contribution >= 0.6 is 11.3 Å². The number of carbonyl (C=O) groups is 1. The Kier molecular flexibility index (Phi) is 4.74. The SMILES string of the molecule is Cc1ccc2nc(NC(=O)c3occc3CS(=O)(=O)c3ccccc3)sc2c1. The number of fused-ring (bicyclic) bond motifs is 1. The molecule has 2 aromatic heterocycles. The third-order valence-corrected chi connectivity index (χ3v) is 6.78. The maximum Gasteiger partial charge on any atom is 0.293 e. The molecule has 0 aliphatic heterocycles. The molecule has 6 nitrogen and oxygen atoms in total. The molecule has 0 unspecified atom stereocenters. The number of anilines is 1. The summed E-state index contributed by atoms with van der Waals surface area (Å²) in [7, 11) is -3.59. The lowest BCUT2D eigenvalue weighted by atomic mass is 10.2. The zero-order valence-corrected chi connectivity index (χ0v) is 16.5. The number of amides is 1. The third kappa shape index (κ3) is 3.69. The van der Waals surface area contributed by atoms with Gasteiger partial charge in [-0.05, 0) is 42.8 Å². The minimum absolute atomic E-state index is 0.0325. The lowest BCUT2D eigenvalue weighted by Gasteiger charge is -2.05. The molecule has 0 aliphatic carbocycles. The van der Waals surface area contributed by atoms with Gasteiger partial charge in [-0.1, -0.05) is 35.6 Å². The normalized spacial score (nSPS) is 11.6. The first-order valence-electron chi connectivity index (χ1n) is 8.45. The van der Waals surface area contributed by atoms with Gasteiger partial charge in [0.15, 0.2) is 20.7 Å². The maximum absolute atomic E-state index is 12.6. The highest BCUT2D eigenvalue weighted by atomic mass is 32.2. The third-order valence-electron chi connectivity index (χ3n) is 4.17. The monoisotopic (exact) mass is 412 g/mol. The summed E-state index contributed by atoms with van der Waals surface area (Å²) in [5, 5.41) is 3.13. The number of aromatic nitrogens is 1. The Labute approximate surface area is 165 Å². The molecular weight excluding hydrogens is 396 g/mol. The van der Waals surface area contributed by atoms with Crippen molar-refractivity contribution in [3.8, 4) is 0 Å². The number of thiazole rings is 1. The van der Waals surface area contributed by atoms with Gasteiger partial charge in [0.1, 0.15) is 0 Å². The van der Waals surface area contributed by atoms with Gasteiger partial charge >= 0.3 is 0 Å². The van der Waals surface area contributed by atoms with Crippen LogP contribution in [0.1, 0.15) is 21.7 Å². The zero-order chi connectivity index (χ0) is 19.7. The Bertz CT molecular complexity index is 1260. The van der Waals surface area contributed by atoms with Gasteiger partial charge in [0.05, 0.1) is 27.1 Å². The van der Waals surface area contributed by atoms with E-state index in [2.05, 4.69) is 10.3 Å². The van der Waals surface area contributed by atoms with Gasteiger partial charge in [-0.2, -0.15) is 0 Å². The molecule has 4 aromatic rings. The summed E-state index contributed by atoms with van der Waals surface area (Å²) in [5.41, 5.74) is 2.20. The standard InChI is InChI=1S/C20H16N2O4S2/c1-13-7-8-16-17(11-13)27-20(21-16)22-19(23)18-14(9-10-26-18)12-28(24,25)15-5-3-2-4-6-15/h2-11H,12H2,1H3,(H,21,22,23). The molecule has 0 atom stereocenters. The van der Waals surface area contributed by atoms with Gasteiger partial charge < -0.3 is 4.42 Å². The molecule has 0 bridgehead atoms. The van der Waals surface area contributed by atoms with E-state index in [0.29, 0.717) is 10.7 Å². The molecule has 142 valence electrons. The van der Waals surface area contributed by atoms with Gasteiger partial charge in [-0.3, -0.25) is 10.1 Å². The summed E-state index contributed by atoms with van der Waals surface area (Å²) in [6.07, 6.45) is 1.31. The first kappa shape index (κ1) is 18.4. The number of benzene rings is 2. The molecule has 8 heteroatoms. The number of aryl methyl sites for hydroxylation is 1. The average Bonchev–Trinajstić information content (AvgIpc) is 3.28. The molecule has 28 heavy (non-hydrogen) atoms. The number of hydrogen-bond donors (Lipinski definition) is 1. The summed E-state index contributed by atoms with van der Waals surface area (Å²) in [6, 6.07) is 15.4. The van der Waals surface area contributed by atoms with E-state index in [1.165, 1.54) is 35.8 Å². The van der Waals surface area contributed by atoms with Crippen molar-refractivity contribution in [3.63, 3.8) is 0 Å². The van der Waals surface area contributed by atoms with Crippen LogP contribution in [0.3, 0.4) is 0 Å². The van der Waals surface area contributed by atoms with Crippen molar-refractivity contribution in [1.82, 2.24) is 4.98 Å². The molecule has 0 fully saturated rings. The molecule has 2 aromatic carbocycles. The van der Waals surface area contributed by atoms with E-state index in [0.717, 1.165) is 15.8 Å². The Morgan fingerprint density at radius 2 is 1.93 bits per heavy atom. The van der Waals surface area contributed by atoms with Crippen molar-refractivity contribution in [1.29, 1.82) is 0 Å². The maximum atomic E-state index is 12.6. The lowest BCUT2D eigenvalue weighted by molar-refractivity contribution is 0.0996. The summed E-state index contributed by atoms with van der Waals surface area (Å²) in [5.74, 6) is -0.885. The molecular formula is C20H16N2O4S2. The summed E-state index contributed by atoms with van der Waals surface area (Å²) >= 11 is 1.35. The Hall–Kier alpha value is -2.97. The van der Waals surface area contributed by atoms with Gasteiger partial charge in [0.2, 0.25) is 0 Å². The number of carbonyl (C=O) groups excluding carboxylic acids is 1. The first-order valence-corrected chi connectivity index (χ1v) is 10.9. The molecule has 1 N–H and O–H groups in total. The highest BCUT2D eigenvalue weighted by Gasteiger charge is 2.23. The van der Waals surface area contributed by atoms with Gasteiger partial charge in [0.25, 0.3) is 5.91 Å². The van der Waals surface area contributed by atoms with E-state index in [9.17, 15) is 13.2 Å². The minimum Gasteiger partial charge on any atom is -0.459 e. The van der Waals surface area contributed by atoms with Crippen LogP contribution in [-0.4, -0.2) is 19.3 Å². The van der Waals surface area contributed by atoms with E-state index < -0.39 is 15.7 Å². The first-order chi connectivity index (χ1) is 13.4. The fraction of sp³-hybridized carbons (Fsp3) is 0.100.